The molecule has 0 spiro atoms. The summed E-state index contributed by atoms with van der Waals surface area (Å²) in [7, 11) is 0. The monoisotopic (exact) mass is 145 g/mol. The Morgan fingerprint density at radius 1 is 1.64 bits per heavy atom. The van der Waals surface area contributed by atoms with Crippen molar-refractivity contribution in [1.29, 1.82) is 0 Å². The van der Waals surface area contributed by atoms with Gasteiger partial charge in [0, 0.05) is 6.42 Å². The van der Waals surface area contributed by atoms with Gasteiger partial charge in [-0.05, 0) is 18.2 Å². The van der Waals surface area contributed by atoms with E-state index in [-0.39, 0.29) is 0 Å². The highest BCUT2D eigenvalue weighted by Crippen LogP contribution is 2.06. The van der Waals surface area contributed by atoms with Crippen molar-refractivity contribution < 1.29 is 4.74 Å². The number of hydrogen-bond donors (Lipinski definition) is 0. The molecule has 1 aromatic carbocycles. The van der Waals surface area contributed by atoms with E-state index >= 15 is 0 Å². The molecule has 1 nitrogen and oxygen atoms in total. The lowest BCUT2D eigenvalue weighted by atomic mass is 10.3. The molecule has 0 amide bonds. The van der Waals surface area contributed by atoms with Crippen molar-refractivity contribution in [1.82, 2.24) is 0 Å². The molecular formula is C10H9O. The van der Waals surface area contributed by atoms with Gasteiger partial charge < -0.3 is 4.74 Å². The van der Waals surface area contributed by atoms with E-state index in [1.807, 2.05) is 25.1 Å². The van der Waals surface area contributed by atoms with Crippen LogP contribution in [0.15, 0.2) is 24.3 Å². The maximum absolute atomic E-state index is 5.05. The quantitative estimate of drug-likeness (QED) is 0.550. The van der Waals surface area contributed by atoms with Gasteiger partial charge in [0.15, 0.2) is 0 Å². The fraction of sp³-hybridized carbons (Fsp3) is 0.200. The minimum atomic E-state index is 0.744. The molecule has 0 bridgehead atoms. The third-order valence-electron chi connectivity index (χ3n) is 1.10. The third-order valence-corrected chi connectivity index (χ3v) is 1.10. The van der Waals surface area contributed by atoms with Crippen LogP contribution in [0.5, 0.6) is 5.75 Å². The van der Waals surface area contributed by atoms with Crippen LogP contribution in [0.2, 0.25) is 0 Å². The lowest BCUT2D eigenvalue weighted by Gasteiger charge is -1.92. The second kappa shape index (κ2) is 4.40. The average Bonchev–Trinajstić information content (AvgIpc) is 2.07. The lowest BCUT2D eigenvalue weighted by molar-refractivity contribution is 0.519. The Morgan fingerprint density at radius 2 is 2.55 bits per heavy atom. The van der Waals surface area contributed by atoms with Crippen molar-refractivity contribution in [3.05, 3.63) is 30.3 Å². The van der Waals surface area contributed by atoms with E-state index in [9.17, 15) is 0 Å². The molecule has 0 aromatic heterocycles. The second-order valence-electron chi connectivity index (χ2n) is 1.97. The van der Waals surface area contributed by atoms with Crippen LogP contribution in [0, 0.1) is 18.1 Å². The van der Waals surface area contributed by atoms with Crippen molar-refractivity contribution in [2.75, 3.05) is 0 Å². The highest BCUT2D eigenvalue weighted by atomic mass is 16.5. The number of hydrogen-bond acceptors (Lipinski definition) is 1. The van der Waals surface area contributed by atoms with Gasteiger partial charge in [0.1, 0.15) is 11.9 Å². The van der Waals surface area contributed by atoms with Gasteiger partial charge in [-0.1, -0.05) is 25.0 Å². The maximum atomic E-state index is 5.05. The molecule has 0 fully saturated rings. The van der Waals surface area contributed by atoms with Gasteiger partial charge >= 0.3 is 0 Å². The van der Waals surface area contributed by atoms with Crippen LogP contribution in [0.3, 0.4) is 0 Å². The molecule has 1 heteroatoms. The Balaban J connectivity index is 2.52. The molecule has 1 aromatic rings. The van der Waals surface area contributed by atoms with Crippen molar-refractivity contribution in [3.63, 3.8) is 0 Å². The number of ether oxygens (including phenoxy) is 1. The fourth-order valence-corrected chi connectivity index (χ4v) is 0.608. The minimum Gasteiger partial charge on any atom is -0.408 e. The Morgan fingerprint density at radius 3 is 3.18 bits per heavy atom. The van der Waals surface area contributed by atoms with E-state index in [2.05, 4.69) is 18.1 Å². The van der Waals surface area contributed by atoms with Crippen LogP contribution in [0.4, 0.5) is 0 Å². The average molecular weight is 145 g/mol. The number of benzene rings is 1. The minimum absolute atomic E-state index is 0.744. The van der Waals surface area contributed by atoms with Crippen LogP contribution >= 0.6 is 0 Å². The topological polar surface area (TPSA) is 9.23 Å². The van der Waals surface area contributed by atoms with Gasteiger partial charge in [-0.25, -0.2) is 0 Å². The molecule has 0 saturated heterocycles. The van der Waals surface area contributed by atoms with E-state index < -0.39 is 0 Å². The summed E-state index contributed by atoms with van der Waals surface area (Å²) in [5.74, 6) is 3.55. The van der Waals surface area contributed by atoms with Gasteiger partial charge in [-0.3, -0.25) is 0 Å². The number of rotatable bonds is 1. The van der Waals surface area contributed by atoms with E-state index in [1.165, 1.54) is 0 Å². The predicted octanol–water partition coefficient (Wildman–Crippen LogP) is 2.24. The molecule has 0 aliphatic heterocycles. The Bertz CT molecular complexity index is 253. The van der Waals surface area contributed by atoms with Gasteiger partial charge in [-0.15, -0.1) is 0 Å². The first kappa shape index (κ1) is 7.68. The Hall–Kier alpha value is -1.42. The summed E-state index contributed by atoms with van der Waals surface area (Å²) in [5, 5.41) is 0. The molecule has 0 N–H and O–H groups in total. The van der Waals surface area contributed by atoms with E-state index in [1.54, 1.807) is 6.07 Å². The summed E-state index contributed by atoms with van der Waals surface area (Å²) in [5.41, 5.74) is 0. The Labute approximate surface area is 67.0 Å². The largest absolute Gasteiger partial charge is 0.408 e. The molecule has 0 atom stereocenters. The van der Waals surface area contributed by atoms with Crippen LogP contribution < -0.4 is 4.74 Å². The van der Waals surface area contributed by atoms with E-state index in [0.29, 0.717) is 0 Å². The smallest absolute Gasteiger partial charge is 0.140 e. The zero-order valence-corrected chi connectivity index (χ0v) is 6.42. The fourth-order valence-electron chi connectivity index (χ4n) is 0.608. The van der Waals surface area contributed by atoms with Crippen molar-refractivity contribution >= 4 is 0 Å². The van der Waals surface area contributed by atoms with E-state index in [0.717, 1.165) is 12.2 Å². The molecular weight excluding hydrogens is 136 g/mol. The molecule has 55 valence electrons. The molecule has 0 aliphatic carbocycles. The van der Waals surface area contributed by atoms with Crippen molar-refractivity contribution in [3.8, 4) is 17.8 Å². The molecule has 0 aliphatic rings. The highest BCUT2D eigenvalue weighted by molar-refractivity contribution is 5.22. The lowest BCUT2D eigenvalue weighted by Crippen LogP contribution is -1.80. The van der Waals surface area contributed by atoms with Crippen LogP contribution in [-0.4, -0.2) is 0 Å². The summed E-state index contributed by atoms with van der Waals surface area (Å²) in [6, 6.07) is 10.2. The van der Waals surface area contributed by atoms with Crippen LogP contribution in [-0.2, 0) is 0 Å². The summed E-state index contributed by atoms with van der Waals surface area (Å²) in [4.78, 5) is 0. The molecule has 11 heavy (non-hydrogen) atoms. The highest BCUT2D eigenvalue weighted by Gasteiger charge is 1.84. The summed E-state index contributed by atoms with van der Waals surface area (Å²) in [6.45, 7) is 1.98. The van der Waals surface area contributed by atoms with Crippen molar-refractivity contribution in [2.24, 2.45) is 0 Å². The van der Waals surface area contributed by atoms with Gasteiger partial charge in [0.05, 0.1) is 0 Å². The molecule has 0 saturated carbocycles. The van der Waals surface area contributed by atoms with Gasteiger partial charge in [0.25, 0.3) is 0 Å². The third kappa shape index (κ3) is 2.77. The first-order chi connectivity index (χ1) is 5.43. The van der Waals surface area contributed by atoms with Gasteiger partial charge in [0.2, 0.25) is 0 Å². The molecule has 1 rings (SSSR count). The Kier molecular flexibility index (Phi) is 3.08. The SMILES string of the molecule is CCC#COc1c[c]ccc1. The summed E-state index contributed by atoms with van der Waals surface area (Å²) >= 11 is 0. The molecule has 1 radical (unpaired) electrons. The van der Waals surface area contributed by atoms with Crippen LogP contribution in [0.25, 0.3) is 0 Å². The first-order valence-electron chi connectivity index (χ1n) is 3.54. The van der Waals surface area contributed by atoms with Gasteiger partial charge in [-0.2, -0.15) is 0 Å². The standard InChI is InChI=1S/C10H9O/c1-2-3-9-11-10-7-5-4-6-8-10/h4-5,7-8H,2H2,1H3. The summed E-state index contributed by atoms with van der Waals surface area (Å²) < 4.78 is 5.05. The predicted molar refractivity (Wildman–Crippen MR) is 44.0 cm³/mol. The normalized spacial score (nSPS) is 8.09. The molecule has 0 unspecified atom stereocenters. The zero-order valence-electron chi connectivity index (χ0n) is 6.42. The van der Waals surface area contributed by atoms with E-state index in [4.69, 9.17) is 4.74 Å². The zero-order chi connectivity index (χ0) is 7.94. The van der Waals surface area contributed by atoms with Crippen LogP contribution in [0.1, 0.15) is 13.3 Å². The maximum Gasteiger partial charge on any atom is 0.140 e. The summed E-state index contributed by atoms with van der Waals surface area (Å²) in [6.07, 6.45) is 3.40. The first-order valence-corrected chi connectivity index (χ1v) is 3.54. The van der Waals surface area contributed by atoms with Crippen molar-refractivity contribution in [2.45, 2.75) is 13.3 Å². The molecule has 0 heterocycles. The second-order valence-corrected chi connectivity index (χ2v) is 1.97.